The molecule has 43 heavy (non-hydrogen) atoms. The molecule has 1 fully saturated rings. The van der Waals surface area contributed by atoms with E-state index in [-0.39, 0.29) is 11.6 Å². The van der Waals surface area contributed by atoms with E-state index in [1.807, 2.05) is 40.9 Å². The Hall–Kier alpha value is -4.14. The highest BCUT2D eigenvalue weighted by Gasteiger charge is 2.37. The number of carbonyl (C=O) groups is 1. The number of urea groups is 1. The Morgan fingerprint density at radius 3 is 2.53 bits per heavy atom. The van der Waals surface area contributed by atoms with Crippen LogP contribution < -0.4 is 15.4 Å². The molecule has 0 aliphatic carbocycles. The second kappa shape index (κ2) is 12.6. The van der Waals surface area contributed by atoms with Gasteiger partial charge < -0.3 is 19.3 Å². The van der Waals surface area contributed by atoms with Gasteiger partial charge in [0.15, 0.2) is 4.96 Å². The highest BCUT2D eigenvalue weighted by molar-refractivity contribution is 7.23. The van der Waals surface area contributed by atoms with Gasteiger partial charge in [0.1, 0.15) is 37.8 Å². The minimum absolute atomic E-state index is 0.166. The molecule has 0 unspecified atom stereocenters. The molecule has 0 radical (unpaired) electrons. The number of rotatable bonds is 11. The van der Waals surface area contributed by atoms with E-state index >= 15 is 0 Å². The minimum atomic E-state index is -2.04. The summed E-state index contributed by atoms with van der Waals surface area (Å²) in [6.07, 6.45) is 1.97. The van der Waals surface area contributed by atoms with Crippen LogP contribution in [0, 0.1) is 0 Å². The van der Waals surface area contributed by atoms with E-state index in [2.05, 4.69) is 20.7 Å². The van der Waals surface area contributed by atoms with Crippen LogP contribution in [0.4, 0.5) is 29.5 Å². The zero-order valence-corrected chi connectivity index (χ0v) is 23.8. The molecule has 0 bridgehead atoms. The first-order chi connectivity index (χ1) is 21.0. The maximum atomic E-state index is 13.3. The van der Waals surface area contributed by atoms with Crippen LogP contribution in [-0.2, 0) is 10.2 Å². The smallest absolute Gasteiger partial charge is 0.326 e. The summed E-state index contributed by atoms with van der Waals surface area (Å²) in [5.41, 5.74) is 0.871. The number of thiazole rings is 1. The number of nitrogens with one attached hydrogen (secondary N) is 2. The molecule has 1 aliphatic rings. The predicted molar refractivity (Wildman–Crippen MR) is 158 cm³/mol. The molecule has 2 aromatic carbocycles. The summed E-state index contributed by atoms with van der Waals surface area (Å²) in [5, 5.41) is 8.54. The Morgan fingerprint density at radius 2 is 1.79 bits per heavy atom. The quantitative estimate of drug-likeness (QED) is 0.197. The molecule has 5 aromatic rings. The number of benzene rings is 2. The van der Waals surface area contributed by atoms with E-state index in [0.29, 0.717) is 12.3 Å². The lowest BCUT2D eigenvalue weighted by Crippen LogP contribution is -2.38. The van der Waals surface area contributed by atoms with Crippen LogP contribution in [0.1, 0.15) is 5.69 Å². The van der Waals surface area contributed by atoms with Crippen LogP contribution in [0.3, 0.4) is 0 Å². The average molecular weight is 615 g/mol. The van der Waals surface area contributed by atoms with E-state index < -0.39 is 31.5 Å². The number of hydrogen-bond acceptors (Lipinski definition) is 8. The third-order valence-corrected chi connectivity index (χ3v) is 8.36. The Labute approximate surface area is 248 Å². The van der Waals surface area contributed by atoms with Gasteiger partial charge in [0, 0.05) is 43.1 Å². The molecule has 6 rings (SSSR count). The normalized spacial score (nSPS) is 14.4. The highest BCUT2D eigenvalue weighted by Crippen LogP contribution is 2.32. The number of ether oxygens (including phenoxy) is 2. The van der Waals surface area contributed by atoms with E-state index in [1.54, 1.807) is 23.5 Å². The van der Waals surface area contributed by atoms with Gasteiger partial charge in [0.25, 0.3) is 0 Å². The molecule has 2 amide bonds. The standard InChI is InChI=1S/C29H29F3N6O4S/c30-16-29(17-31,18-32)25-14-26(42-36-25)35-27(39)33-20-3-1-19(2-4-20)22-15-38-23-6-5-21(13-24(23)43-28(38)34-22)41-12-9-37-7-10-40-11-8-37/h1-6,13-15H,7-12,16-18H2,(H2,33,35,39). The van der Waals surface area contributed by atoms with Gasteiger partial charge in [-0.15, -0.1) is 0 Å². The zero-order valence-electron chi connectivity index (χ0n) is 23.0. The number of alkyl halides is 3. The maximum absolute atomic E-state index is 13.3. The van der Waals surface area contributed by atoms with Crippen molar-refractivity contribution >= 4 is 44.1 Å². The first-order valence-electron chi connectivity index (χ1n) is 13.7. The number of hydrogen-bond donors (Lipinski definition) is 2. The van der Waals surface area contributed by atoms with Crippen LogP contribution in [0.2, 0.25) is 0 Å². The molecule has 0 saturated carbocycles. The number of nitrogens with zero attached hydrogens (tertiary/aromatic N) is 4. The topological polar surface area (TPSA) is 106 Å². The van der Waals surface area contributed by atoms with Crippen LogP contribution in [0.25, 0.3) is 26.4 Å². The Bertz CT molecular complexity index is 1690. The summed E-state index contributed by atoms with van der Waals surface area (Å²) in [4.78, 5) is 20.4. The first-order valence-corrected chi connectivity index (χ1v) is 14.5. The van der Waals surface area contributed by atoms with Gasteiger partial charge in [-0.2, -0.15) is 0 Å². The molecule has 1 aliphatic heterocycles. The number of morpholine rings is 1. The van der Waals surface area contributed by atoms with Gasteiger partial charge in [0.2, 0.25) is 5.88 Å². The molecule has 3 aromatic heterocycles. The number of imidazole rings is 1. The summed E-state index contributed by atoms with van der Waals surface area (Å²) in [6, 6.07) is 13.6. The van der Waals surface area contributed by atoms with Crippen molar-refractivity contribution in [3.63, 3.8) is 0 Å². The highest BCUT2D eigenvalue weighted by atomic mass is 32.1. The molecule has 2 N–H and O–H groups in total. The van der Waals surface area contributed by atoms with Gasteiger partial charge in [-0.05, 0) is 30.3 Å². The number of aromatic nitrogens is 3. The zero-order chi connectivity index (χ0) is 29.8. The van der Waals surface area contributed by atoms with Crippen LogP contribution in [0.5, 0.6) is 5.75 Å². The fraction of sp³-hybridized carbons (Fsp3) is 0.345. The third-order valence-electron chi connectivity index (χ3n) is 7.34. The van der Waals surface area contributed by atoms with Crippen LogP contribution in [-0.4, -0.2) is 85.0 Å². The van der Waals surface area contributed by atoms with E-state index in [0.717, 1.165) is 71.1 Å². The fourth-order valence-corrected chi connectivity index (χ4v) is 5.76. The summed E-state index contributed by atoms with van der Waals surface area (Å²) >= 11 is 1.58. The molecule has 14 heteroatoms. The summed E-state index contributed by atoms with van der Waals surface area (Å²) in [5.74, 6) is 0.662. The second-order valence-corrected chi connectivity index (χ2v) is 11.2. The number of halogens is 3. The summed E-state index contributed by atoms with van der Waals surface area (Å²) < 4.78 is 59.2. The number of amides is 2. The minimum Gasteiger partial charge on any atom is -0.492 e. The van der Waals surface area contributed by atoms with Gasteiger partial charge in [0.05, 0.1) is 34.8 Å². The van der Waals surface area contributed by atoms with E-state index in [1.165, 1.54) is 0 Å². The van der Waals surface area contributed by atoms with Crippen LogP contribution in [0.15, 0.2) is 59.3 Å². The molecule has 226 valence electrons. The van der Waals surface area contributed by atoms with Gasteiger partial charge in [-0.25, -0.2) is 22.9 Å². The lowest BCUT2D eigenvalue weighted by Gasteiger charge is -2.26. The molecule has 10 nitrogen and oxygen atoms in total. The molecular formula is C29H29F3N6O4S. The predicted octanol–water partition coefficient (Wildman–Crippen LogP) is 5.71. The lowest BCUT2D eigenvalue weighted by molar-refractivity contribution is 0.0322. The van der Waals surface area contributed by atoms with Crippen molar-refractivity contribution in [3.05, 3.63) is 60.4 Å². The molecule has 1 saturated heterocycles. The average Bonchev–Trinajstić information content (AvgIpc) is 3.75. The van der Waals surface area contributed by atoms with Crippen molar-refractivity contribution in [1.82, 2.24) is 19.4 Å². The van der Waals surface area contributed by atoms with Crippen molar-refractivity contribution in [2.45, 2.75) is 5.41 Å². The second-order valence-electron chi connectivity index (χ2n) is 10.2. The monoisotopic (exact) mass is 614 g/mol. The van der Waals surface area contributed by atoms with Crippen molar-refractivity contribution < 1.29 is 32.0 Å². The van der Waals surface area contributed by atoms with Gasteiger partial charge >= 0.3 is 6.03 Å². The van der Waals surface area contributed by atoms with Gasteiger partial charge in [-0.1, -0.05) is 28.6 Å². The molecule has 4 heterocycles. The van der Waals surface area contributed by atoms with Crippen molar-refractivity contribution in [2.24, 2.45) is 0 Å². The maximum Gasteiger partial charge on any atom is 0.326 e. The Kier molecular flexibility index (Phi) is 8.49. The van der Waals surface area contributed by atoms with Crippen molar-refractivity contribution in [1.29, 1.82) is 0 Å². The van der Waals surface area contributed by atoms with Crippen molar-refractivity contribution in [3.8, 4) is 17.0 Å². The third kappa shape index (κ3) is 6.17. The first kappa shape index (κ1) is 29.0. The molecular weight excluding hydrogens is 585 g/mol. The van der Waals surface area contributed by atoms with Gasteiger partial charge in [-0.3, -0.25) is 14.6 Å². The Morgan fingerprint density at radius 1 is 1.02 bits per heavy atom. The molecule has 0 spiro atoms. The summed E-state index contributed by atoms with van der Waals surface area (Å²) in [6.45, 7) is 1.02. The Balaban J connectivity index is 1.07. The number of carbonyl (C=O) groups excluding carboxylic acids is 1. The summed E-state index contributed by atoms with van der Waals surface area (Å²) in [7, 11) is 0. The van der Waals surface area contributed by atoms with E-state index in [9.17, 15) is 18.0 Å². The van der Waals surface area contributed by atoms with Crippen molar-refractivity contribution in [2.75, 3.05) is 70.1 Å². The number of fused-ring (bicyclic) bond motifs is 3. The SMILES string of the molecule is O=C(Nc1ccc(-c2cn3c(n2)sc2cc(OCCN4CCOCC4)ccc23)cc1)Nc1cc(C(CF)(CF)CF)no1. The van der Waals surface area contributed by atoms with E-state index in [4.69, 9.17) is 19.0 Å². The lowest BCUT2D eigenvalue weighted by atomic mass is 9.89. The fourth-order valence-electron chi connectivity index (χ4n) is 4.72. The number of anilines is 2. The van der Waals surface area contributed by atoms with Crippen LogP contribution >= 0.6 is 11.3 Å². The molecule has 0 atom stereocenters. The largest absolute Gasteiger partial charge is 0.492 e.